The lowest BCUT2D eigenvalue weighted by atomic mass is 10.0. The minimum Gasteiger partial charge on any atom is -0.497 e. The molecule has 1 aromatic heterocycles. The first-order valence-corrected chi connectivity index (χ1v) is 7.26. The number of aromatic amines is 1. The lowest BCUT2D eigenvalue weighted by molar-refractivity contribution is 0.0448. The molecule has 0 spiro atoms. The van der Waals surface area contributed by atoms with Crippen LogP contribution in [-0.2, 0) is 4.74 Å². The molecule has 1 unspecified atom stereocenters. The number of fused-ring (bicyclic) bond motifs is 2. The fourth-order valence-electron chi connectivity index (χ4n) is 3.02. The van der Waals surface area contributed by atoms with Gasteiger partial charge in [0.2, 0.25) is 0 Å². The molecule has 0 amide bonds. The number of esters is 1. The summed E-state index contributed by atoms with van der Waals surface area (Å²) in [6, 6.07) is 13.3. The third kappa shape index (κ3) is 2.04. The van der Waals surface area contributed by atoms with Gasteiger partial charge in [-0.25, -0.2) is 4.79 Å². The lowest BCUT2D eigenvalue weighted by Crippen LogP contribution is -2.00. The Morgan fingerprint density at radius 3 is 2.74 bits per heavy atom. The predicted molar refractivity (Wildman–Crippen MR) is 85.1 cm³/mol. The van der Waals surface area contributed by atoms with Crippen molar-refractivity contribution in [3.63, 3.8) is 0 Å². The summed E-state index contributed by atoms with van der Waals surface area (Å²) in [5.41, 5.74) is 3.10. The fraction of sp³-hybridized carbons (Fsp3) is 0.167. The van der Waals surface area contributed by atoms with Crippen LogP contribution >= 0.6 is 0 Å². The van der Waals surface area contributed by atoms with E-state index in [1.165, 1.54) is 0 Å². The summed E-state index contributed by atoms with van der Waals surface area (Å²) in [6.45, 7) is 0. The molecule has 5 nitrogen and oxygen atoms in total. The number of rotatable bonds is 3. The molecule has 3 aromatic rings. The van der Waals surface area contributed by atoms with Crippen LogP contribution in [-0.4, -0.2) is 25.2 Å². The van der Waals surface area contributed by atoms with E-state index in [0.717, 1.165) is 27.9 Å². The minimum absolute atomic E-state index is 0.362. The van der Waals surface area contributed by atoms with E-state index in [1.54, 1.807) is 20.3 Å². The highest BCUT2D eigenvalue weighted by Gasteiger charge is 2.35. The molecule has 116 valence electrons. The van der Waals surface area contributed by atoms with Gasteiger partial charge in [0, 0.05) is 16.5 Å². The SMILES string of the molecule is COc1ccc2[nH]c(C3OC(=O)c4c(OC)cccc43)cc2c1. The average molecular weight is 309 g/mol. The highest BCUT2D eigenvalue weighted by Crippen LogP contribution is 2.40. The first kappa shape index (κ1) is 13.7. The first-order chi connectivity index (χ1) is 11.2. The molecular formula is C18H15NO4. The van der Waals surface area contributed by atoms with E-state index in [1.807, 2.05) is 36.4 Å². The highest BCUT2D eigenvalue weighted by molar-refractivity contribution is 5.97. The zero-order valence-electron chi connectivity index (χ0n) is 12.8. The van der Waals surface area contributed by atoms with Gasteiger partial charge < -0.3 is 19.2 Å². The summed E-state index contributed by atoms with van der Waals surface area (Å²) >= 11 is 0. The number of carbonyl (C=O) groups is 1. The Hall–Kier alpha value is -2.95. The van der Waals surface area contributed by atoms with Gasteiger partial charge in [-0.2, -0.15) is 0 Å². The largest absolute Gasteiger partial charge is 0.497 e. The lowest BCUT2D eigenvalue weighted by Gasteiger charge is -2.08. The van der Waals surface area contributed by atoms with Gasteiger partial charge in [-0.05, 0) is 30.3 Å². The van der Waals surface area contributed by atoms with Crippen LogP contribution in [0, 0.1) is 0 Å². The zero-order chi connectivity index (χ0) is 16.0. The second-order valence-corrected chi connectivity index (χ2v) is 5.39. The Balaban J connectivity index is 1.83. The monoisotopic (exact) mass is 309 g/mol. The number of carbonyl (C=O) groups excluding carboxylic acids is 1. The number of methoxy groups -OCH3 is 2. The van der Waals surface area contributed by atoms with Crippen LogP contribution in [0.2, 0.25) is 0 Å². The first-order valence-electron chi connectivity index (χ1n) is 7.26. The smallest absolute Gasteiger partial charge is 0.343 e. The van der Waals surface area contributed by atoms with Crippen molar-refractivity contribution in [2.45, 2.75) is 6.10 Å². The van der Waals surface area contributed by atoms with Crippen molar-refractivity contribution >= 4 is 16.9 Å². The number of hydrogen-bond acceptors (Lipinski definition) is 4. The molecule has 0 fully saturated rings. The average Bonchev–Trinajstić information content (AvgIpc) is 3.15. The molecule has 2 aromatic carbocycles. The molecule has 0 aliphatic carbocycles. The number of ether oxygens (including phenoxy) is 3. The number of cyclic esters (lactones) is 1. The second-order valence-electron chi connectivity index (χ2n) is 5.39. The Morgan fingerprint density at radius 2 is 1.96 bits per heavy atom. The maximum Gasteiger partial charge on any atom is 0.343 e. The van der Waals surface area contributed by atoms with Crippen LogP contribution < -0.4 is 9.47 Å². The third-order valence-corrected chi connectivity index (χ3v) is 4.12. The molecule has 4 rings (SSSR count). The van der Waals surface area contributed by atoms with Gasteiger partial charge in [0.15, 0.2) is 6.10 Å². The van der Waals surface area contributed by atoms with Crippen LogP contribution in [0.4, 0.5) is 0 Å². The zero-order valence-corrected chi connectivity index (χ0v) is 12.8. The number of aromatic nitrogens is 1. The quantitative estimate of drug-likeness (QED) is 0.753. The summed E-state index contributed by atoms with van der Waals surface area (Å²) in [5, 5.41) is 1.01. The van der Waals surface area contributed by atoms with Crippen molar-refractivity contribution in [3.05, 3.63) is 59.3 Å². The van der Waals surface area contributed by atoms with Crippen molar-refractivity contribution in [2.75, 3.05) is 14.2 Å². The van der Waals surface area contributed by atoms with E-state index < -0.39 is 6.10 Å². The minimum atomic E-state index is -0.453. The molecule has 23 heavy (non-hydrogen) atoms. The fourth-order valence-corrected chi connectivity index (χ4v) is 3.02. The Labute approximate surface area is 132 Å². The molecule has 0 saturated carbocycles. The summed E-state index contributed by atoms with van der Waals surface area (Å²) in [6.07, 6.45) is -0.453. The predicted octanol–water partition coefficient (Wildman–Crippen LogP) is 3.44. The molecule has 0 bridgehead atoms. The summed E-state index contributed by atoms with van der Waals surface area (Å²) in [5.74, 6) is 0.958. The molecule has 1 N–H and O–H groups in total. The topological polar surface area (TPSA) is 60.5 Å². The number of nitrogens with one attached hydrogen (secondary N) is 1. The van der Waals surface area contributed by atoms with E-state index in [9.17, 15) is 4.79 Å². The highest BCUT2D eigenvalue weighted by atomic mass is 16.6. The van der Waals surface area contributed by atoms with Crippen LogP contribution in [0.15, 0.2) is 42.5 Å². The van der Waals surface area contributed by atoms with Crippen molar-refractivity contribution in [3.8, 4) is 11.5 Å². The molecule has 1 atom stereocenters. The summed E-state index contributed by atoms with van der Waals surface area (Å²) < 4.78 is 16.1. The third-order valence-electron chi connectivity index (χ3n) is 4.12. The molecule has 2 heterocycles. The van der Waals surface area contributed by atoms with E-state index in [4.69, 9.17) is 14.2 Å². The standard InChI is InChI=1S/C18H15NO4/c1-21-11-6-7-13-10(8-11)9-14(19-13)17-12-4-3-5-15(22-2)16(12)18(20)23-17/h3-9,17,19H,1-2H3. The van der Waals surface area contributed by atoms with Crippen LogP contribution in [0.3, 0.4) is 0 Å². The Bertz CT molecular complexity index is 913. The van der Waals surface area contributed by atoms with E-state index >= 15 is 0 Å². The van der Waals surface area contributed by atoms with Crippen LogP contribution in [0.1, 0.15) is 27.7 Å². The van der Waals surface area contributed by atoms with Gasteiger partial charge in [-0.1, -0.05) is 12.1 Å². The summed E-state index contributed by atoms with van der Waals surface area (Å²) in [4.78, 5) is 15.5. The van der Waals surface area contributed by atoms with Gasteiger partial charge in [0.1, 0.15) is 17.1 Å². The maximum atomic E-state index is 12.2. The molecule has 1 aliphatic heterocycles. The van der Waals surface area contributed by atoms with Gasteiger partial charge >= 0.3 is 5.97 Å². The molecule has 1 aliphatic rings. The van der Waals surface area contributed by atoms with Crippen molar-refractivity contribution in [1.82, 2.24) is 4.98 Å². The molecular weight excluding hydrogens is 294 g/mol. The second kappa shape index (κ2) is 5.05. The van der Waals surface area contributed by atoms with E-state index in [2.05, 4.69) is 4.98 Å². The van der Waals surface area contributed by atoms with Crippen molar-refractivity contribution < 1.29 is 19.0 Å². The van der Waals surface area contributed by atoms with Crippen LogP contribution in [0.5, 0.6) is 11.5 Å². The molecule has 0 saturated heterocycles. The Morgan fingerprint density at radius 1 is 1.09 bits per heavy atom. The van der Waals surface area contributed by atoms with Crippen LogP contribution in [0.25, 0.3) is 10.9 Å². The maximum absolute atomic E-state index is 12.2. The normalized spacial score (nSPS) is 16.3. The van der Waals surface area contributed by atoms with Gasteiger partial charge in [0.05, 0.1) is 19.9 Å². The van der Waals surface area contributed by atoms with E-state index in [-0.39, 0.29) is 5.97 Å². The van der Waals surface area contributed by atoms with Crippen molar-refractivity contribution in [2.24, 2.45) is 0 Å². The Kier molecular flexibility index (Phi) is 3.01. The number of hydrogen-bond donors (Lipinski definition) is 1. The van der Waals surface area contributed by atoms with Crippen molar-refractivity contribution in [1.29, 1.82) is 0 Å². The van der Waals surface area contributed by atoms with Gasteiger partial charge in [-0.3, -0.25) is 0 Å². The molecule has 0 radical (unpaired) electrons. The number of H-pyrrole nitrogens is 1. The van der Waals surface area contributed by atoms with Gasteiger partial charge in [0.25, 0.3) is 0 Å². The van der Waals surface area contributed by atoms with E-state index in [0.29, 0.717) is 11.3 Å². The molecule has 5 heteroatoms. The van der Waals surface area contributed by atoms with Gasteiger partial charge in [-0.15, -0.1) is 0 Å². The summed E-state index contributed by atoms with van der Waals surface area (Å²) in [7, 11) is 3.18. The number of benzene rings is 2.